The largest absolute Gasteiger partial charge is 0.309 e. The molecular formula is C57H38N6. The number of aromatic nitrogens is 6. The Bertz CT molecular complexity index is 3710. The minimum atomic E-state index is 0.557. The van der Waals surface area contributed by atoms with Gasteiger partial charge in [-0.05, 0) is 72.0 Å². The molecule has 8 aromatic carbocycles. The van der Waals surface area contributed by atoms with E-state index in [4.69, 9.17) is 15.0 Å². The van der Waals surface area contributed by atoms with Crippen molar-refractivity contribution in [1.29, 1.82) is 0 Å². The van der Waals surface area contributed by atoms with Gasteiger partial charge in [0.15, 0.2) is 11.6 Å². The molecule has 0 atom stereocenters. The molecule has 0 spiro atoms. The van der Waals surface area contributed by atoms with Crippen LogP contribution in [0.25, 0.3) is 112 Å². The molecular weight excluding hydrogens is 769 g/mol. The van der Waals surface area contributed by atoms with Crippen molar-refractivity contribution in [2.75, 3.05) is 0 Å². The molecule has 0 unspecified atom stereocenters. The topological polar surface area (TPSA) is 53.5 Å². The second-order valence-electron chi connectivity index (χ2n) is 16.3. The predicted octanol–water partition coefficient (Wildman–Crippen LogP) is 14.0. The van der Waals surface area contributed by atoms with E-state index in [-0.39, 0.29) is 0 Å². The van der Waals surface area contributed by atoms with Crippen LogP contribution in [0.3, 0.4) is 0 Å². The summed E-state index contributed by atoms with van der Waals surface area (Å²) in [5.41, 5.74) is 14.5. The molecule has 0 saturated heterocycles. The lowest BCUT2D eigenvalue weighted by atomic mass is 9.99. The van der Waals surface area contributed by atoms with E-state index in [1.165, 1.54) is 32.9 Å². The average molecular weight is 807 g/mol. The lowest BCUT2D eigenvalue weighted by Gasteiger charge is -2.16. The number of hydrogen-bond acceptors (Lipinski definition) is 3. The molecule has 0 N–H and O–H groups in total. The molecule has 0 saturated carbocycles. The van der Waals surface area contributed by atoms with E-state index in [9.17, 15) is 0 Å². The molecule has 12 aromatic rings. The first kappa shape index (κ1) is 35.4. The van der Waals surface area contributed by atoms with Gasteiger partial charge in [-0.1, -0.05) is 164 Å². The van der Waals surface area contributed by atoms with Crippen molar-refractivity contribution in [2.45, 2.75) is 12.8 Å². The van der Waals surface area contributed by atoms with Gasteiger partial charge in [0.05, 0.1) is 33.3 Å². The van der Waals surface area contributed by atoms with Crippen molar-refractivity contribution in [3.05, 3.63) is 211 Å². The third-order valence-corrected chi connectivity index (χ3v) is 12.8. The highest BCUT2D eigenvalue weighted by Gasteiger charge is 2.29. The third-order valence-electron chi connectivity index (χ3n) is 12.8. The van der Waals surface area contributed by atoms with E-state index in [1.54, 1.807) is 0 Å². The van der Waals surface area contributed by atoms with Crippen molar-refractivity contribution >= 4 is 60.6 Å². The van der Waals surface area contributed by atoms with Gasteiger partial charge >= 0.3 is 0 Å². The van der Waals surface area contributed by atoms with E-state index < -0.39 is 0 Å². The zero-order chi connectivity index (χ0) is 41.4. The fraction of sp³-hybridized carbons (Fsp3) is 0.0351. The Morgan fingerprint density at radius 2 is 0.905 bits per heavy atom. The van der Waals surface area contributed by atoms with Gasteiger partial charge < -0.3 is 9.13 Å². The lowest BCUT2D eigenvalue weighted by molar-refractivity contribution is 0.950. The first-order valence-corrected chi connectivity index (χ1v) is 21.6. The van der Waals surface area contributed by atoms with Gasteiger partial charge in [0.2, 0.25) is 5.95 Å². The second-order valence-corrected chi connectivity index (χ2v) is 16.3. The van der Waals surface area contributed by atoms with Crippen LogP contribution in [-0.4, -0.2) is 28.7 Å². The van der Waals surface area contributed by atoms with E-state index in [1.807, 2.05) is 24.3 Å². The van der Waals surface area contributed by atoms with Crippen molar-refractivity contribution in [1.82, 2.24) is 28.7 Å². The minimum Gasteiger partial charge on any atom is -0.309 e. The number of hydrogen-bond donors (Lipinski definition) is 0. The number of rotatable bonds is 6. The Kier molecular flexibility index (Phi) is 7.93. The van der Waals surface area contributed by atoms with E-state index in [0.717, 1.165) is 79.3 Å². The Morgan fingerprint density at radius 1 is 0.397 bits per heavy atom. The first-order valence-electron chi connectivity index (χ1n) is 21.6. The Balaban J connectivity index is 1.20. The quantitative estimate of drug-likeness (QED) is 0.168. The molecule has 0 aliphatic heterocycles. The van der Waals surface area contributed by atoms with Crippen LogP contribution in [0.1, 0.15) is 17.7 Å². The van der Waals surface area contributed by atoms with Crippen molar-refractivity contribution in [3.63, 3.8) is 0 Å². The molecule has 4 heterocycles. The standard InChI is InChI=1S/C57H38N6/c1-4-18-37(19-5-1)38-32-34-40(35-33-38)56-58-55(39-20-6-2-7-21-39)59-57(60-56)63-50-31-17-13-27-45(50)52-53-46(44-26-12-14-28-47(44)61(53)41-22-8-3-9-23-41)36-51(54(52)63)62-48-29-15-10-24-42(48)43-25-11-16-30-49(43)62/h1-11,13-25,27-36H,12,26H2. The number of fused-ring (bicyclic) bond motifs is 10. The fourth-order valence-corrected chi connectivity index (χ4v) is 10.0. The van der Waals surface area contributed by atoms with E-state index in [0.29, 0.717) is 17.6 Å². The van der Waals surface area contributed by atoms with Gasteiger partial charge in [0, 0.05) is 49.4 Å². The van der Waals surface area contributed by atoms with Crippen LogP contribution < -0.4 is 0 Å². The van der Waals surface area contributed by atoms with Crippen molar-refractivity contribution < 1.29 is 0 Å². The summed E-state index contributed by atoms with van der Waals surface area (Å²) in [4.78, 5) is 16.1. The van der Waals surface area contributed by atoms with Crippen LogP contribution in [0.15, 0.2) is 200 Å². The highest BCUT2D eigenvalue weighted by Crippen LogP contribution is 2.47. The maximum Gasteiger partial charge on any atom is 0.238 e. The lowest BCUT2D eigenvalue weighted by Crippen LogP contribution is -2.08. The fourth-order valence-electron chi connectivity index (χ4n) is 10.0. The van der Waals surface area contributed by atoms with Crippen LogP contribution in [0.5, 0.6) is 0 Å². The zero-order valence-electron chi connectivity index (χ0n) is 34.2. The Hall–Kier alpha value is -8.35. The van der Waals surface area contributed by atoms with Gasteiger partial charge in [0.25, 0.3) is 0 Å². The second kappa shape index (κ2) is 14.1. The summed E-state index contributed by atoms with van der Waals surface area (Å²) in [6, 6.07) is 68.9. The molecule has 1 aliphatic carbocycles. The van der Waals surface area contributed by atoms with Gasteiger partial charge in [-0.25, -0.2) is 4.98 Å². The molecule has 0 fully saturated rings. The van der Waals surface area contributed by atoms with Gasteiger partial charge in [-0.3, -0.25) is 4.57 Å². The molecule has 6 heteroatoms. The summed E-state index contributed by atoms with van der Waals surface area (Å²) in [6.07, 6.45) is 6.59. The number of para-hydroxylation sites is 4. The number of allylic oxidation sites excluding steroid dienone is 1. The molecule has 296 valence electrons. The highest BCUT2D eigenvalue weighted by molar-refractivity contribution is 6.25. The molecule has 13 rings (SSSR count). The van der Waals surface area contributed by atoms with Crippen LogP contribution in [-0.2, 0) is 6.42 Å². The van der Waals surface area contributed by atoms with Crippen molar-refractivity contribution in [3.8, 4) is 51.2 Å². The molecule has 0 radical (unpaired) electrons. The highest BCUT2D eigenvalue weighted by atomic mass is 15.2. The predicted molar refractivity (Wildman–Crippen MR) is 259 cm³/mol. The SMILES string of the molecule is C1=Cc2c(c3cc(-n4c5ccccc5c5ccccc54)c4c(c5ccccc5n4-c4nc(-c5ccccc5)nc(-c5ccc(-c6ccccc6)cc5)n4)c3n2-c2ccccc2)CC1. The summed E-state index contributed by atoms with van der Waals surface area (Å²) < 4.78 is 7.25. The van der Waals surface area contributed by atoms with Crippen LogP contribution in [0.2, 0.25) is 0 Å². The molecule has 63 heavy (non-hydrogen) atoms. The van der Waals surface area contributed by atoms with Gasteiger partial charge in [0.1, 0.15) is 0 Å². The van der Waals surface area contributed by atoms with Gasteiger partial charge in [-0.2, -0.15) is 9.97 Å². The molecule has 6 nitrogen and oxygen atoms in total. The molecule has 1 aliphatic rings. The number of aryl methyl sites for hydroxylation is 1. The van der Waals surface area contributed by atoms with Crippen LogP contribution in [0, 0.1) is 0 Å². The monoisotopic (exact) mass is 806 g/mol. The minimum absolute atomic E-state index is 0.557. The average Bonchev–Trinajstić information content (AvgIpc) is 4.01. The maximum atomic E-state index is 5.46. The molecule has 0 bridgehead atoms. The maximum absolute atomic E-state index is 5.46. The summed E-state index contributed by atoms with van der Waals surface area (Å²) >= 11 is 0. The summed E-state index contributed by atoms with van der Waals surface area (Å²) in [6.45, 7) is 0. The van der Waals surface area contributed by atoms with E-state index >= 15 is 0 Å². The van der Waals surface area contributed by atoms with E-state index in [2.05, 4.69) is 196 Å². The summed E-state index contributed by atoms with van der Waals surface area (Å²) in [5.74, 6) is 1.78. The zero-order valence-corrected chi connectivity index (χ0v) is 34.2. The Labute approximate surface area is 363 Å². The van der Waals surface area contributed by atoms with Crippen LogP contribution in [0.4, 0.5) is 0 Å². The first-order chi connectivity index (χ1) is 31.3. The number of nitrogens with zero attached hydrogens (tertiary/aromatic N) is 6. The Morgan fingerprint density at radius 3 is 1.56 bits per heavy atom. The smallest absolute Gasteiger partial charge is 0.238 e. The van der Waals surface area contributed by atoms with Crippen LogP contribution >= 0.6 is 0 Å². The normalized spacial score (nSPS) is 12.6. The van der Waals surface area contributed by atoms with Crippen molar-refractivity contribution in [2.24, 2.45) is 0 Å². The van der Waals surface area contributed by atoms with Gasteiger partial charge in [-0.15, -0.1) is 0 Å². The third kappa shape index (κ3) is 5.48. The summed E-state index contributed by atoms with van der Waals surface area (Å²) in [7, 11) is 0. The molecule has 4 aromatic heterocycles. The summed E-state index contributed by atoms with van der Waals surface area (Å²) in [5, 5.41) is 5.96. The molecule has 0 amide bonds. The number of benzene rings is 8.